The average molecular weight is 248 g/mol. The average Bonchev–Trinajstić information content (AvgIpc) is 2.79. The third-order valence-electron chi connectivity index (χ3n) is 2.29. The molecule has 0 radical (unpaired) electrons. The van der Waals surface area contributed by atoms with Crippen molar-refractivity contribution in [3.63, 3.8) is 0 Å². The molecule has 0 unspecified atom stereocenters. The number of carbonyl (C=O) groups excluding carboxylic acids is 1. The number of Topliss-reactive ketones (excluding diaryl/α,β-unsaturated/α-hetero) is 1. The molecule has 0 aliphatic heterocycles. The predicted octanol–water partition coefficient (Wildman–Crippen LogP) is 4.03. The van der Waals surface area contributed by atoms with Gasteiger partial charge in [0.2, 0.25) is 0 Å². The molecule has 1 heterocycles. The minimum Gasteiger partial charge on any atom is -0.293 e. The Hall–Kier alpha value is -1.06. The molecule has 0 atom stereocenters. The van der Waals surface area contributed by atoms with Crippen LogP contribution in [-0.4, -0.2) is 11.5 Å². The van der Waals surface area contributed by atoms with Crippen LogP contribution in [0.2, 0.25) is 0 Å². The van der Waals surface area contributed by atoms with Gasteiger partial charge in [0.15, 0.2) is 5.78 Å². The van der Waals surface area contributed by atoms with Crippen LogP contribution in [-0.2, 0) is 0 Å². The molecular weight excluding hydrogens is 236 g/mol. The molecule has 0 aliphatic rings. The molecule has 16 heavy (non-hydrogen) atoms. The summed E-state index contributed by atoms with van der Waals surface area (Å²) in [5.41, 5.74) is 1.89. The number of rotatable bonds is 4. The molecule has 0 amide bonds. The zero-order valence-electron chi connectivity index (χ0n) is 8.97. The second kappa shape index (κ2) is 5.32. The van der Waals surface area contributed by atoms with E-state index in [0.29, 0.717) is 5.75 Å². The van der Waals surface area contributed by atoms with Gasteiger partial charge >= 0.3 is 0 Å². The van der Waals surface area contributed by atoms with Crippen LogP contribution >= 0.6 is 23.1 Å². The van der Waals surface area contributed by atoms with Gasteiger partial charge in [0, 0.05) is 5.56 Å². The summed E-state index contributed by atoms with van der Waals surface area (Å²) in [6, 6.07) is 11.8. The summed E-state index contributed by atoms with van der Waals surface area (Å²) in [6.45, 7) is 1.98. The number of carbonyl (C=O) groups is 1. The standard InChI is InChI=1S/C13H12OS2/c1-10-5-2-3-6-11(10)12(14)9-16-13-7-4-8-15-13/h2-8H,9H2,1H3. The Bertz CT molecular complexity index is 474. The maximum Gasteiger partial charge on any atom is 0.173 e. The first kappa shape index (κ1) is 11.4. The maximum atomic E-state index is 11.9. The van der Waals surface area contributed by atoms with Gasteiger partial charge in [-0.2, -0.15) is 0 Å². The first-order valence-electron chi connectivity index (χ1n) is 5.02. The van der Waals surface area contributed by atoms with Gasteiger partial charge in [0.1, 0.15) is 0 Å². The monoisotopic (exact) mass is 248 g/mol. The van der Waals surface area contributed by atoms with E-state index in [1.165, 1.54) is 4.21 Å². The number of aryl methyl sites for hydroxylation is 1. The van der Waals surface area contributed by atoms with Crippen LogP contribution in [0.25, 0.3) is 0 Å². The molecule has 2 aromatic rings. The van der Waals surface area contributed by atoms with Crippen molar-refractivity contribution in [2.45, 2.75) is 11.1 Å². The van der Waals surface area contributed by atoms with Crippen molar-refractivity contribution in [1.29, 1.82) is 0 Å². The fourth-order valence-corrected chi connectivity index (χ4v) is 3.11. The highest BCUT2D eigenvalue weighted by Crippen LogP contribution is 2.24. The van der Waals surface area contributed by atoms with Gasteiger partial charge in [0.05, 0.1) is 9.96 Å². The molecule has 0 saturated heterocycles. The van der Waals surface area contributed by atoms with E-state index in [1.807, 2.05) is 48.7 Å². The van der Waals surface area contributed by atoms with Gasteiger partial charge < -0.3 is 0 Å². The number of thiophene rings is 1. The van der Waals surface area contributed by atoms with Crippen molar-refractivity contribution in [3.8, 4) is 0 Å². The molecular formula is C13H12OS2. The number of benzene rings is 1. The van der Waals surface area contributed by atoms with Crippen LogP contribution in [0.1, 0.15) is 15.9 Å². The van der Waals surface area contributed by atoms with E-state index in [2.05, 4.69) is 0 Å². The number of hydrogen-bond acceptors (Lipinski definition) is 3. The van der Waals surface area contributed by atoms with E-state index in [4.69, 9.17) is 0 Å². The fraction of sp³-hybridized carbons (Fsp3) is 0.154. The molecule has 0 aliphatic carbocycles. The number of hydrogen-bond donors (Lipinski definition) is 0. The van der Waals surface area contributed by atoms with Crippen molar-refractivity contribution >= 4 is 28.9 Å². The number of thioether (sulfide) groups is 1. The Balaban J connectivity index is 2.01. The molecule has 1 aromatic carbocycles. The molecule has 2 rings (SSSR count). The van der Waals surface area contributed by atoms with E-state index >= 15 is 0 Å². The zero-order chi connectivity index (χ0) is 11.4. The Morgan fingerprint density at radius 2 is 2.06 bits per heavy atom. The van der Waals surface area contributed by atoms with Crippen LogP contribution in [0.5, 0.6) is 0 Å². The van der Waals surface area contributed by atoms with Gasteiger partial charge in [-0.3, -0.25) is 4.79 Å². The Morgan fingerprint density at radius 1 is 1.25 bits per heavy atom. The lowest BCUT2D eigenvalue weighted by atomic mass is 10.1. The van der Waals surface area contributed by atoms with Gasteiger partial charge in [-0.05, 0) is 23.9 Å². The van der Waals surface area contributed by atoms with Gasteiger partial charge in [-0.25, -0.2) is 0 Å². The summed E-state index contributed by atoms with van der Waals surface area (Å²) in [6.07, 6.45) is 0. The highest BCUT2D eigenvalue weighted by atomic mass is 32.2. The zero-order valence-corrected chi connectivity index (χ0v) is 10.6. The van der Waals surface area contributed by atoms with E-state index in [-0.39, 0.29) is 5.78 Å². The molecule has 0 N–H and O–H groups in total. The van der Waals surface area contributed by atoms with Gasteiger partial charge in [0.25, 0.3) is 0 Å². The molecule has 3 heteroatoms. The Morgan fingerprint density at radius 3 is 2.75 bits per heavy atom. The van der Waals surface area contributed by atoms with E-state index in [9.17, 15) is 4.79 Å². The van der Waals surface area contributed by atoms with Crippen molar-refractivity contribution in [1.82, 2.24) is 0 Å². The van der Waals surface area contributed by atoms with Crippen LogP contribution < -0.4 is 0 Å². The van der Waals surface area contributed by atoms with E-state index < -0.39 is 0 Å². The van der Waals surface area contributed by atoms with Crippen molar-refractivity contribution < 1.29 is 4.79 Å². The highest BCUT2D eigenvalue weighted by Gasteiger charge is 2.08. The van der Waals surface area contributed by atoms with E-state index in [1.54, 1.807) is 23.1 Å². The minimum absolute atomic E-state index is 0.205. The third-order valence-corrected chi connectivity index (χ3v) is 4.42. The summed E-state index contributed by atoms with van der Waals surface area (Å²) in [4.78, 5) is 11.9. The lowest BCUT2D eigenvalue weighted by Crippen LogP contribution is -2.03. The fourth-order valence-electron chi connectivity index (χ4n) is 1.45. The van der Waals surface area contributed by atoms with Crippen LogP contribution in [0, 0.1) is 6.92 Å². The Kier molecular flexibility index (Phi) is 3.80. The first-order valence-corrected chi connectivity index (χ1v) is 6.89. The molecule has 1 nitrogen and oxygen atoms in total. The highest BCUT2D eigenvalue weighted by molar-refractivity contribution is 8.01. The summed E-state index contributed by atoms with van der Waals surface area (Å²) < 4.78 is 1.20. The van der Waals surface area contributed by atoms with Crippen LogP contribution in [0.15, 0.2) is 46.0 Å². The molecule has 0 saturated carbocycles. The lowest BCUT2D eigenvalue weighted by molar-refractivity contribution is 0.102. The van der Waals surface area contributed by atoms with E-state index in [0.717, 1.165) is 11.1 Å². The van der Waals surface area contributed by atoms with Gasteiger partial charge in [-0.15, -0.1) is 23.1 Å². The SMILES string of the molecule is Cc1ccccc1C(=O)CSc1cccs1. The van der Waals surface area contributed by atoms with Crippen molar-refractivity contribution in [2.75, 3.05) is 5.75 Å². The molecule has 0 fully saturated rings. The lowest BCUT2D eigenvalue weighted by Gasteiger charge is -2.03. The summed E-state index contributed by atoms with van der Waals surface area (Å²) in [5, 5.41) is 2.03. The quantitative estimate of drug-likeness (QED) is 0.600. The third kappa shape index (κ3) is 2.74. The molecule has 1 aromatic heterocycles. The van der Waals surface area contributed by atoms with Crippen LogP contribution in [0.4, 0.5) is 0 Å². The van der Waals surface area contributed by atoms with Gasteiger partial charge in [-0.1, -0.05) is 30.3 Å². The largest absolute Gasteiger partial charge is 0.293 e. The topological polar surface area (TPSA) is 17.1 Å². The summed E-state index contributed by atoms with van der Waals surface area (Å²) >= 11 is 3.28. The maximum absolute atomic E-state index is 11.9. The predicted molar refractivity (Wildman–Crippen MR) is 70.6 cm³/mol. The minimum atomic E-state index is 0.205. The second-order valence-corrected chi connectivity index (χ2v) is 5.68. The normalized spacial score (nSPS) is 10.3. The first-order chi connectivity index (χ1) is 7.77. The molecule has 0 spiro atoms. The molecule has 82 valence electrons. The number of ketones is 1. The van der Waals surface area contributed by atoms with Crippen LogP contribution in [0.3, 0.4) is 0 Å². The Labute approximate surface area is 104 Å². The van der Waals surface area contributed by atoms with Crippen molar-refractivity contribution in [2.24, 2.45) is 0 Å². The summed E-state index contributed by atoms with van der Waals surface area (Å²) in [7, 11) is 0. The second-order valence-electron chi connectivity index (χ2n) is 3.46. The summed E-state index contributed by atoms with van der Waals surface area (Å²) in [5.74, 6) is 0.724. The smallest absolute Gasteiger partial charge is 0.173 e. The van der Waals surface area contributed by atoms with Crippen molar-refractivity contribution in [3.05, 3.63) is 52.9 Å². The molecule has 0 bridgehead atoms.